The second-order valence-electron chi connectivity index (χ2n) is 11.6. The number of esters is 1. The van der Waals surface area contributed by atoms with Gasteiger partial charge in [-0.15, -0.1) is 0 Å². The van der Waals surface area contributed by atoms with Crippen molar-refractivity contribution in [3.63, 3.8) is 0 Å². The van der Waals surface area contributed by atoms with Crippen LogP contribution >= 0.6 is 0 Å². The van der Waals surface area contributed by atoms with E-state index in [0.29, 0.717) is 34.0 Å². The van der Waals surface area contributed by atoms with Crippen LogP contribution in [-0.2, 0) is 9.53 Å². The monoisotopic (exact) mass is 498 g/mol. The van der Waals surface area contributed by atoms with Gasteiger partial charge in [0.05, 0.1) is 22.1 Å². The molecule has 2 bridgehead atoms. The lowest BCUT2D eigenvalue weighted by Gasteiger charge is -2.39. The van der Waals surface area contributed by atoms with E-state index in [4.69, 9.17) is 4.74 Å². The number of dihydropyridines is 1. The third kappa shape index (κ3) is 3.12. The van der Waals surface area contributed by atoms with E-state index in [9.17, 15) is 19.7 Å². The predicted octanol–water partition coefficient (Wildman–Crippen LogP) is 5.92. The SMILES string of the molecule is CC1=C(C(=O)O[C@@H]2C[C@@H]3CC[C@]2(C)C3(C)C)[C@H](c2ccccc2[N+](=O)[O-])C2=C(N1)c1ccccc1C2=O. The van der Waals surface area contributed by atoms with Gasteiger partial charge >= 0.3 is 5.97 Å². The van der Waals surface area contributed by atoms with Gasteiger partial charge in [-0.2, -0.15) is 0 Å². The molecular weight excluding hydrogens is 468 g/mol. The molecule has 1 aliphatic heterocycles. The fraction of sp³-hybridized carbons (Fsp3) is 0.400. The predicted molar refractivity (Wildman–Crippen MR) is 138 cm³/mol. The van der Waals surface area contributed by atoms with Crippen molar-refractivity contribution in [1.29, 1.82) is 0 Å². The van der Waals surface area contributed by atoms with E-state index in [1.165, 1.54) is 6.07 Å². The summed E-state index contributed by atoms with van der Waals surface area (Å²) in [6.07, 6.45) is 2.69. The summed E-state index contributed by atoms with van der Waals surface area (Å²) in [6, 6.07) is 13.6. The third-order valence-corrected chi connectivity index (χ3v) is 9.88. The molecule has 0 saturated heterocycles. The molecule has 0 unspecified atom stereocenters. The van der Waals surface area contributed by atoms with Crippen LogP contribution in [0.4, 0.5) is 5.69 Å². The van der Waals surface area contributed by atoms with Crippen LogP contribution in [0.25, 0.3) is 5.70 Å². The van der Waals surface area contributed by atoms with Crippen molar-refractivity contribution >= 4 is 23.1 Å². The Hall–Kier alpha value is -3.74. The Balaban J connectivity index is 1.47. The van der Waals surface area contributed by atoms with E-state index < -0.39 is 16.8 Å². The first kappa shape index (κ1) is 23.6. The normalized spacial score (nSPS) is 29.2. The van der Waals surface area contributed by atoms with E-state index >= 15 is 0 Å². The summed E-state index contributed by atoms with van der Waals surface area (Å²) in [5, 5.41) is 15.3. The van der Waals surface area contributed by atoms with Crippen LogP contribution in [0, 0.1) is 26.9 Å². The number of carbonyl (C=O) groups is 2. The maximum absolute atomic E-state index is 14.0. The first-order valence-corrected chi connectivity index (χ1v) is 12.9. The summed E-state index contributed by atoms with van der Waals surface area (Å²) in [4.78, 5) is 39.3. The highest BCUT2D eigenvalue weighted by Crippen LogP contribution is 2.66. The summed E-state index contributed by atoms with van der Waals surface area (Å²) in [5.41, 5.74) is 3.13. The first-order chi connectivity index (χ1) is 17.6. The number of benzene rings is 2. The maximum atomic E-state index is 14.0. The second-order valence-corrected chi connectivity index (χ2v) is 11.6. The van der Waals surface area contributed by atoms with E-state index in [0.717, 1.165) is 24.8 Å². The lowest BCUT2D eigenvalue weighted by atomic mass is 9.70. The van der Waals surface area contributed by atoms with Crippen molar-refractivity contribution in [1.82, 2.24) is 5.32 Å². The van der Waals surface area contributed by atoms with Crippen LogP contribution in [0.5, 0.6) is 0 Å². The molecule has 0 radical (unpaired) electrons. The standard InChI is InChI=1S/C30H30N2O5/c1-16-23(28(34)37-22-15-17-13-14-30(22,4)29(17,2)3)24(20-11-7-8-12-21(20)32(35)36)25-26(31-16)18-9-5-6-10-19(18)27(25)33/h5-12,17,22,24,31H,13-15H2,1-4H3/t17-,22+,24-,30-/m0/s1. The molecule has 0 spiro atoms. The first-order valence-electron chi connectivity index (χ1n) is 12.9. The maximum Gasteiger partial charge on any atom is 0.337 e. The van der Waals surface area contributed by atoms with E-state index in [-0.39, 0.29) is 34.0 Å². The van der Waals surface area contributed by atoms with E-state index in [1.54, 1.807) is 37.3 Å². The van der Waals surface area contributed by atoms with Gasteiger partial charge in [0.1, 0.15) is 6.10 Å². The summed E-state index contributed by atoms with van der Waals surface area (Å²) in [5.74, 6) is -1.17. The summed E-state index contributed by atoms with van der Waals surface area (Å²) in [7, 11) is 0. The van der Waals surface area contributed by atoms with Gasteiger partial charge < -0.3 is 10.1 Å². The fourth-order valence-electron chi connectivity index (χ4n) is 7.31. The highest BCUT2D eigenvalue weighted by Gasteiger charge is 2.63. The Morgan fingerprint density at radius 3 is 2.41 bits per heavy atom. The lowest BCUT2D eigenvalue weighted by Crippen LogP contribution is -2.39. The average molecular weight is 499 g/mol. The fourth-order valence-corrected chi connectivity index (χ4v) is 7.31. The van der Waals surface area contributed by atoms with Crippen LogP contribution in [0.3, 0.4) is 0 Å². The number of Topliss-reactive ketones (excluding diaryl/α,β-unsaturated/α-hetero) is 1. The molecule has 0 amide bonds. The molecule has 2 saturated carbocycles. The third-order valence-electron chi connectivity index (χ3n) is 9.88. The van der Waals surface area contributed by atoms with Crippen molar-refractivity contribution in [2.45, 2.75) is 59.0 Å². The summed E-state index contributed by atoms with van der Waals surface area (Å²) >= 11 is 0. The molecule has 190 valence electrons. The van der Waals surface area contributed by atoms with Crippen molar-refractivity contribution in [2.24, 2.45) is 16.7 Å². The molecule has 1 N–H and O–H groups in total. The number of allylic oxidation sites excluding steroid dienone is 2. The molecule has 0 aromatic heterocycles. The van der Waals surface area contributed by atoms with Gasteiger partial charge in [0.2, 0.25) is 0 Å². The van der Waals surface area contributed by atoms with Gasteiger partial charge in [0.15, 0.2) is 5.78 Å². The number of ketones is 1. The van der Waals surface area contributed by atoms with Crippen LogP contribution < -0.4 is 5.32 Å². The number of rotatable bonds is 4. The van der Waals surface area contributed by atoms with Gasteiger partial charge in [-0.05, 0) is 37.5 Å². The number of nitrogens with one attached hydrogen (secondary N) is 1. The van der Waals surface area contributed by atoms with E-state index in [1.807, 2.05) is 12.1 Å². The molecule has 2 fully saturated rings. The van der Waals surface area contributed by atoms with E-state index in [2.05, 4.69) is 26.1 Å². The largest absolute Gasteiger partial charge is 0.458 e. The zero-order valence-corrected chi connectivity index (χ0v) is 21.5. The highest BCUT2D eigenvalue weighted by molar-refractivity contribution is 6.23. The number of ether oxygens (including phenoxy) is 1. The van der Waals surface area contributed by atoms with Crippen molar-refractivity contribution in [2.75, 3.05) is 0 Å². The highest BCUT2D eigenvalue weighted by atomic mass is 16.6. The zero-order valence-electron chi connectivity index (χ0n) is 21.5. The number of carbonyl (C=O) groups excluding carboxylic acids is 2. The van der Waals surface area contributed by atoms with Crippen LogP contribution in [-0.4, -0.2) is 22.8 Å². The van der Waals surface area contributed by atoms with Gasteiger partial charge in [-0.25, -0.2) is 4.79 Å². The molecule has 7 heteroatoms. The molecule has 4 aliphatic rings. The lowest BCUT2D eigenvalue weighted by molar-refractivity contribution is -0.385. The molecule has 1 heterocycles. The smallest absolute Gasteiger partial charge is 0.337 e. The quantitative estimate of drug-likeness (QED) is 0.319. The molecule has 2 aromatic rings. The second kappa shape index (κ2) is 7.88. The number of para-hydroxylation sites is 1. The Bertz CT molecular complexity index is 1450. The van der Waals surface area contributed by atoms with Crippen molar-refractivity contribution in [3.05, 3.63) is 92.2 Å². The summed E-state index contributed by atoms with van der Waals surface area (Å²) in [6.45, 7) is 8.50. The molecule has 6 rings (SSSR count). The Kier molecular flexibility index (Phi) is 5.03. The number of nitrogens with zero attached hydrogens (tertiary/aromatic N) is 1. The number of hydrogen-bond acceptors (Lipinski definition) is 6. The number of fused-ring (bicyclic) bond motifs is 4. The zero-order chi connectivity index (χ0) is 26.3. The molecular formula is C30H30N2O5. The minimum atomic E-state index is -0.912. The van der Waals surface area contributed by atoms with Crippen LogP contribution in [0.15, 0.2) is 65.4 Å². The van der Waals surface area contributed by atoms with Crippen LogP contribution in [0.1, 0.15) is 74.4 Å². The Labute approximate surface area is 215 Å². The average Bonchev–Trinajstić information content (AvgIpc) is 3.35. The molecule has 37 heavy (non-hydrogen) atoms. The number of nitro groups is 1. The minimum Gasteiger partial charge on any atom is -0.458 e. The van der Waals surface area contributed by atoms with Crippen molar-refractivity contribution < 1.29 is 19.2 Å². The molecule has 2 aromatic carbocycles. The number of hydrogen-bond donors (Lipinski definition) is 1. The molecule has 4 atom stereocenters. The number of nitro benzene ring substituents is 1. The minimum absolute atomic E-state index is 0.0581. The van der Waals surface area contributed by atoms with Gasteiger partial charge in [-0.1, -0.05) is 63.2 Å². The van der Waals surface area contributed by atoms with Gasteiger partial charge in [0, 0.05) is 39.4 Å². The van der Waals surface area contributed by atoms with Crippen molar-refractivity contribution in [3.8, 4) is 0 Å². The molecule has 3 aliphatic carbocycles. The topological polar surface area (TPSA) is 98.5 Å². The van der Waals surface area contributed by atoms with Gasteiger partial charge in [-0.3, -0.25) is 14.9 Å². The Morgan fingerprint density at radius 2 is 1.76 bits per heavy atom. The summed E-state index contributed by atoms with van der Waals surface area (Å²) < 4.78 is 6.27. The Morgan fingerprint density at radius 1 is 1.08 bits per heavy atom. The molecule has 7 nitrogen and oxygen atoms in total. The van der Waals surface area contributed by atoms with Crippen LogP contribution in [0.2, 0.25) is 0 Å². The van der Waals surface area contributed by atoms with Gasteiger partial charge in [0.25, 0.3) is 5.69 Å².